The molecular formula is C19H21NO5S. The molecule has 0 saturated heterocycles. The van der Waals surface area contributed by atoms with E-state index in [2.05, 4.69) is 5.16 Å². The second-order valence-electron chi connectivity index (χ2n) is 6.00. The van der Waals surface area contributed by atoms with Crippen LogP contribution in [0.3, 0.4) is 0 Å². The van der Waals surface area contributed by atoms with E-state index in [0.29, 0.717) is 5.56 Å². The summed E-state index contributed by atoms with van der Waals surface area (Å²) >= 11 is 0. The summed E-state index contributed by atoms with van der Waals surface area (Å²) < 4.78 is 34.3. The average molecular weight is 375 g/mol. The van der Waals surface area contributed by atoms with Crippen LogP contribution in [0.15, 0.2) is 64.6 Å². The molecule has 7 heteroatoms. The molecule has 0 radical (unpaired) electrons. The van der Waals surface area contributed by atoms with E-state index in [9.17, 15) is 13.2 Å². The molecule has 0 heterocycles. The molecule has 1 atom stereocenters. The van der Waals surface area contributed by atoms with Crippen molar-refractivity contribution in [3.8, 4) is 0 Å². The van der Waals surface area contributed by atoms with Crippen molar-refractivity contribution in [2.45, 2.75) is 31.1 Å². The van der Waals surface area contributed by atoms with Gasteiger partial charge in [0.15, 0.2) is 0 Å². The smallest absolute Gasteiger partial charge is 0.358 e. The number of benzene rings is 2. The van der Waals surface area contributed by atoms with E-state index in [1.165, 1.54) is 26.2 Å². The van der Waals surface area contributed by atoms with Crippen molar-refractivity contribution in [1.82, 2.24) is 0 Å². The van der Waals surface area contributed by atoms with Gasteiger partial charge in [-0.15, -0.1) is 0 Å². The van der Waals surface area contributed by atoms with Crippen LogP contribution in [-0.4, -0.2) is 27.2 Å². The third kappa shape index (κ3) is 3.94. The Morgan fingerprint density at radius 2 is 1.62 bits per heavy atom. The number of hydrogen-bond donors (Lipinski definition) is 0. The van der Waals surface area contributed by atoms with Gasteiger partial charge in [0.05, 0.1) is 12.8 Å². The predicted molar refractivity (Wildman–Crippen MR) is 98.4 cm³/mol. The molecular weight excluding hydrogens is 354 g/mol. The van der Waals surface area contributed by atoms with Crippen LogP contribution in [-0.2, 0) is 29.3 Å². The number of ether oxygens (including phenoxy) is 1. The normalized spacial score (nSPS) is 14.4. The Labute approximate surface area is 153 Å². The minimum absolute atomic E-state index is 0.0147. The fourth-order valence-corrected chi connectivity index (χ4v) is 3.16. The molecule has 0 aliphatic heterocycles. The highest BCUT2D eigenvalue weighted by Crippen LogP contribution is 2.28. The van der Waals surface area contributed by atoms with Crippen LogP contribution in [0.5, 0.6) is 0 Å². The van der Waals surface area contributed by atoms with Gasteiger partial charge >= 0.3 is 16.1 Å². The van der Waals surface area contributed by atoms with Crippen molar-refractivity contribution in [1.29, 1.82) is 0 Å². The van der Waals surface area contributed by atoms with Gasteiger partial charge < -0.3 is 4.74 Å². The number of oxime groups is 1. The molecule has 0 saturated carbocycles. The molecule has 0 aromatic heterocycles. The molecule has 26 heavy (non-hydrogen) atoms. The van der Waals surface area contributed by atoms with Crippen molar-refractivity contribution >= 4 is 21.8 Å². The van der Waals surface area contributed by atoms with Crippen molar-refractivity contribution in [3.63, 3.8) is 0 Å². The van der Waals surface area contributed by atoms with Crippen LogP contribution in [0.25, 0.3) is 0 Å². The predicted octanol–water partition coefficient (Wildman–Crippen LogP) is 3.21. The molecule has 138 valence electrons. The lowest BCUT2D eigenvalue weighted by atomic mass is 9.78. The summed E-state index contributed by atoms with van der Waals surface area (Å²) in [6.45, 7) is 4.98. The summed E-state index contributed by atoms with van der Waals surface area (Å²) in [6.07, 6.45) is 0. The van der Waals surface area contributed by atoms with Crippen molar-refractivity contribution in [2.24, 2.45) is 5.16 Å². The molecule has 2 aromatic rings. The van der Waals surface area contributed by atoms with Crippen molar-refractivity contribution < 1.29 is 22.2 Å². The summed E-state index contributed by atoms with van der Waals surface area (Å²) in [5, 5.41) is 3.74. The van der Waals surface area contributed by atoms with Crippen LogP contribution < -0.4 is 0 Å². The number of esters is 1. The monoisotopic (exact) mass is 375 g/mol. The van der Waals surface area contributed by atoms with E-state index in [1.807, 2.05) is 13.0 Å². The van der Waals surface area contributed by atoms with Gasteiger partial charge in [-0.2, -0.15) is 8.42 Å². The quantitative estimate of drug-likeness (QED) is 0.440. The Morgan fingerprint density at radius 3 is 2.15 bits per heavy atom. The number of rotatable bonds is 6. The number of nitrogens with zero attached hydrogens (tertiary/aromatic N) is 1. The maximum atomic E-state index is 12.4. The van der Waals surface area contributed by atoms with Gasteiger partial charge in [-0.25, -0.2) is 0 Å². The second kappa shape index (κ2) is 7.70. The fraction of sp³-hybridized carbons (Fsp3) is 0.263. The lowest BCUT2D eigenvalue weighted by molar-refractivity contribution is -0.144. The van der Waals surface area contributed by atoms with Gasteiger partial charge in [0.1, 0.15) is 10.3 Å². The van der Waals surface area contributed by atoms with E-state index in [1.54, 1.807) is 43.3 Å². The number of aryl methyl sites for hydroxylation is 1. The minimum atomic E-state index is -4.09. The Balaban J connectivity index is 2.38. The van der Waals surface area contributed by atoms with E-state index in [4.69, 9.17) is 9.02 Å². The fourth-order valence-electron chi connectivity index (χ4n) is 2.39. The topological polar surface area (TPSA) is 82.0 Å². The highest BCUT2D eigenvalue weighted by atomic mass is 32.2. The Morgan fingerprint density at radius 1 is 1.04 bits per heavy atom. The maximum absolute atomic E-state index is 12.4. The van der Waals surface area contributed by atoms with Crippen molar-refractivity contribution in [2.75, 3.05) is 7.11 Å². The van der Waals surface area contributed by atoms with Gasteiger partial charge in [0, 0.05) is 0 Å². The zero-order valence-electron chi connectivity index (χ0n) is 15.1. The van der Waals surface area contributed by atoms with E-state index in [-0.39, 0.29) is 10.6 Å². The van der Waals surface area contributed by atoms with Crippen LogP contribution >= 0.6 is 0 Å². The number of carbonyl (C=O) groups is 1. The first kappa shape index (κ1) is 19.7. The summed E-state index contributed by atoms with van der Waals surface area (Å²) in [5.74, 6) is -0.568. The standard InChI is InChI=1S/C19H21NO5S/c1-14-10-12-17(13-11-14)26(22,23)25-20-15(2)19(3,18(21)24-4)16-8-6-5-7-9-16/h5-13H,1-4H3/b20-15+/t19-/m1/s1. The average Bonchev–Trinajstić information content (AvgIpc) is 2.65. The van der Waals surface area contributed by atoms with Crippen LogP contribution in [0.4, 0.5) is 0 Å². The van der Waals surface area contributed by atoms with Crippen molar-refractivity contribution in [3.05, 3.63) is 65.7 Å². The molecule has 0 unspecified atom stereocenters. The van der Waals surface area contributed by atoms with Gasteiger partial charge in [0.25, 0.3) is 0 Å². The van der Waals surface area contributed by atoms with Crippen LogP contribution in [0, 0.1) is 6.92 Å². The minimum Gasteiger partial charge on any atom is -0.468 e. The molecule has 0 fully saturated rings. The van der Waals surface area contributed by atoms with E-state index >= 15 is 0 Å². The highest BCUT2D eigenvalue weighted by Gasteiger charge is 2.40. The Hall–Kier alpha value is -2.67. The first-order chi connectivity index (χ1) is 12.2. The third-order valence-electron chi connectivity index (χ3n) is 4.25. The van der Waals surface area contributed by atoms with Gasteiger partial charge in [-0.05, 0) is 38.5 Å². The molecule has 2 rings (SSSR count). The largest absolute Gasteiger partial charge is 0.468 e. The van der Waals surface area contributed by atoms with Crippen LogP contribution in [0.1, 0.15) is 25.0 Å². The molecule has 2 aromatic carbocycles. The molecule has 0 N–H and O–H groups in total. The highest BCUT2D eigenvalue weighted by molar-refractivity contribution is 7.86. The summed E-state index contributed by atoms with van der Waals surface area (Å²) in [7, 11) is -2.82. The molecule has 0 amide bonds. The molecule has 0 aliphatic rings. The Kier molecular flexibility index (Phi) is 5.82. The second-order valence-corrected chi connectivity index (χ2v) is 7.53. The lowest BCUT2D eigenvalue weighted by Gasteiger charge is -2.26. The zero-order valence-corrected chi connectivity index (χ0v) is 15.9. The number of methoxy groups -OCH3 is 1. The first-order valence-corrected chi connectivity index (χ1v) is 9.32. The number of hydrogen-bond acceptors (Lipinski definition) is 6. The summed E-state index contributed by atoms with van der Waals surface area (Å²) in [4.78, 5) is 12.4. The van der Waals surface area contributed by atoms with E-state index in [0.717, 1.165) is 5.56 Å². The van der Waals surface area contributed by atoms with Gasteiger partial charge in [0.2, 0.25) is 0 Å². The SMILES string of the molecule is COC(=O)[C@](C)(/C(C)=N/OS(=O)(=O)c1ccc(C)cc1)c1ccccc1. The third-order valence-corrected chi connectivity index (χ3v) is 5.37. The van der Waals surface area contributed by atoms with E-state index < -0.39 is 21.5 Å². The first-order valence-electron chi connectivity index (χ1n) is 7.91. The molecule has 6 nitrogen and oxygen atoms in total. The summed E-state index contributed by atoms with van der Waals surface area (Å²) in [6, 6.07) is 15.0. The van der Waals surface area contributed by atoms with Gasteiger partial charge in [-0.1, -0.05) is 53.2 Å². The molecule has 0 spiro atoms. The van der Waals surface area contributed by atoms with Gasteiger partial charge in [-0.3, -0.25) is 9.08 Å². The lowest BCUT2D eigenvalue weighted by Crippen LogP contribution is -2.40. The summed E-state index contributed by atoms with van der Waals surface area (Å²) in [5.41, 5.74) is 0.417. The zero-order chi connectivity index (χ0) is 19.4. The maximum Gasteiger partial charge on any atom is 0.358 e. The number of carbonyl (C=O) groups excluding carboxylic acids is 1. The molecule has 0 aliphatic carbocycles. The van der Waals surface area contributed by atoms with Crippen LogP contribution in [0.2, 0.25) is 0 Å². The Bertz CT molecular complexity index is 905. The molecule has 0 bridgehead atoms.